The van der Waals surface area contributed by atoms with Gasteiger partial charge in [0.25, 0.3) is 5.91 Å². The maximum Gasteiger partial charge on any atom is 0.254 e. The number of ether oxygens (including phenoxy) is 2. The van der Waals surface area contributed by atoms with E-state index in [1.807, 2.05) is 17.0 Å². The van der Waals surface area contributed by atoms with Gasteiger partial charge in [-0.1, -0.05) is 0 Å². The van der Waals surface area contributed by atoms with E-state index in [-0.39, 0.29) is 18.1 Å². The summed E-state index contributed by atoms with van der Waals surface area (Å²) >= 11 is 0. The maximum atomic E-state index is 12.7. The van der Waals surface area contributed by atoms with Gasteiger partial charge in [0.2, 0.25) is 0 Å². The standard InChI is InChI=1S/C18H26N2O3/c1-13-12-19-9-10-20(13)18(21)14-7-8-16(17(11-14)22-2)23-15-5-3-4-6-15/h7-8,11,13,15,19H,3-6,9-10,12H2,1-2H3/t13-/m0/s1. The Morgan fingerprint density at radius 1 is 1.26 bits per heavy atom. The fourth-order valence-corrected chi connectivity index (χ4v) is 3.39. The van der Waals surface area contributed by atoms with Crippen LogP contribution in [0.4, 0.5) is 0 Å². The third-order valence-corrected chi connectivity index (χ3v) is 4.77. The van der Waals surface area contributed by atoms with Gasteiger partial charge >= 0.3 is 0 Å². The zero-order chi connectivity index (χ0) is 16.2. The molecular formula is C18H26N2O3. The van der Waals surface area contributed by atoms with Gasteiger partial charge in [-0.2, -0.15) is 0 Å². The summed E-state index contributed by atoms with van der Waals surface area (Å²) in [5.41, 5.74) is 0.661. The van der Waals surface area contributed by atoms with Crippen LogP contribution in [0.15, 0.2) is 18.2 Å². The first-order valence-electron chi connectivity index (χ1n) is 8.55. The molecule has 1 N–H and O–H groups in total. The molecular weight excluding hydrogens is 292 g/mol. The number of amides is 1. The topological polar surface area (TPSA) is 50.8 Å². The van der Waals surface area contributed by atoms with Crippen molar-refractivity contribution in [1.29, 1.82) is 0 Å². The predicted molar refractivity (Wildman–Crippen MR) is 89.2 cm³/mol. The van der Waals surface area contributed by atoms with Crippen molar-refractivity contribution in [2.45, 2.75) is 44.8 Å². The average Bonchev–Trinajstić information content (AvgIpc) is 3.08. The molecule has 126 valence electrons. The molecule has 0 radical (unpaired) electrons. The minimum atomic E-state index is 0.0599. The Morgan fingerprint density at radius 2 is 2.04 bits per heavy atom. The van der Waals surface area contributed by atoms with Gasteiger partial charge in [-0.05, 0) is 50.8 Å². The number of nitrogens with one attached hydrogen (secondary N) is 1. The molecule has 0 aromatic heterocycles. The molecule has 1 amide bonds. The van der Waals surface area contributed by atoms with Gasteiger partial charge in [0, 0.05) is 31.2 Å². The Kier molecular flexibility index (Phi) is 5.06. The van der Waals surface area contributed by atoms with Crippen molar-refractivity contribution < 1.29 is 14.3 Å². The van der Waals surface area contributed by atoms with E-state index in [2.05, 4.69) is 12.2 Å². The van der Waals surface area contributed by atoms with Crippen LogP contribution in [0.3, 0.4) is 0 Å². The number of benzene rings is 1. The summed E-state index contributed by atoms with van der Waals surface area (Å²) in [4.78, 5) is 14.7. The summed E-state index contributed by atoms with van der Waals surface area (Å²) in [6.07, 6.45) is 4.93. The van der Waals surface area contributed by atoms with Crippen molar-refractivity contribution in [3.05, 3.63) is 23.8 Å². The quantitative estimate of drug-likeness (QED) is 0.926. The van der Waals surface area contributed by atoms with Gasteiger partial charge in [-0.15, -0.1) is 0 Å². The second-order valence-corrected chi connectivity index (χ2v) is 6.44. The van der Waals surface area contributed by atoms with Gasteiger partial charge < -0.3 is 19.7 Å². The van der Waals surface area contributed by atoms with Crippen molar-refractivity contribution in [3.8, 4) is 11.5 Å². The van der Waals surface area contributed by atoms with Crippen LogP contribution in [-0.4, -0.2) is 49.7 Å². The number of hydrogen-bond acceptors (Lipinski definition) is 4. The van der Waals surface area contributed by atoms with E-state index in [0.29, 0.717) is 11.3 Å². The van der Waals surface area contributed by atoms with Crippen molar-refractivity contribution in [2.24, 2.45) is 0 Å². The van der Waals surface area contributed by atoms with Crippen LogP contribution in [0.1, 0.15) is 43.0 Å². The Labute approximate surface area is 137 Å². The number of piperazine rings is 1. The molecule has 0 spiro atoms. The van der Waals surface area contributed by atoms with Crippen LogP contribution in [0, 0.1) is 0 Å². The molecule has 0 bridgehead atoms. The molecule has 1 aliphatic heterocycles. The minimum absolute atomic E-state index is 0.0599. The third-order valence-electron chi connectivity index (χ3n) is 4.77. The average molecular weight is 318 g/mol. The van der Waals surface area contributed by atoms with E-state index in [9.17, 15) is 4.79 Å². The monoisotopic (exact) mass is 318 g/mol. The molecule has 3 rings (SSSR count). The smallest absolute Gasteiger partial charge is 0.254 e. The number of carbonyl (C=O) groups excluding carboxylic acids is 1. The Hall–Kier alpha value is -1.75. The number of methoxy groups -OCH3 is 1. The molecule has 1 saturated carbocycles. The second kappa shape index (κ2) is 7.21. The minimum Gasteiger partial charge on any atom is -0.493 e. The lowest BCUT2D eigenvalue weighted by molar-refractivity contribution is 0.0655. The zero-order valence-electron chi connectivity index (χ0n) is 14.0. The highest BCUT2D eigenvalue weighted by atomic mass is 16.5. The highest BCUT2D eigenvalue weighted by Crippen LogP contribution is 2.32. The summed E-state index contributed by atoms with van der Waals surface area (Å²) in [5.74, 6) is 1.44. The summed E-state index contributed by atoms with van der Waals surface area (Å²) in [6, 6.07) is 5.74. The molecule has 5 nitrogen and oxygen atoms in total. The number of rotatable bonds is 4. The number of hydrogen-bond donors (Lipinski definition) is 1. The SMILES string of the molecule is COc1cc(C(=O)N2CCNC[C@@H]2C)ccc1OC1CCCC1. The van der Waals surface area contributed by atoms with E-state index in [0.717, 1.165) is 38.2 Å². The largest absolute Gasteiger partial charge is 0.493 e. The number of nitrogens with zero attached hydrogens (tertiary/aromatic N) is 1. The molecule has 5 heteroatoms. The summed E-state index contributed by atoms with van der Waals surface area (Å²) in [7, 11) is 1.62. The highest BCUT2D eigenvalue weighted by Gasteiger charge is 2.25. The summed E-state index contributed by atoms with van der Waals surface area (Å²) in [6.45, 7) is 4.49. The van der Waals surface area contributed by atoms with Crippen LogP contribution in [0.5, 0.6) is 11.5 Å². The fraction of sp³-hybridized carbons (Fsp3) is 0.611. The molecule has 1 saturated heterocycles. The van der Waals surface area contributed by atoms with Crippen LogP contribution >= 0.6 is 0 Å². The fourth-order valence-electron chi connectivity index (χ4n) is 3.39. The Bertz CT molecular complexity index is 555. The molecule has 1 aromatic carbocycles. The summed E-state index contributed by atoms with van der Waals surface area (Å²) < 4.78 is 11.5. The van der Waals surface area contributed by atoms with Crippen molar-refractivity contribution in [1.82, 2.24) is 10.2 Å². The van der Waals surface area contributed by atoms with E-state index in [1.165, 1.54) is 12.8 Å². The molecule has 1 heterocycles. The number of carbonyl (C=O) groups is 1. The molecule has 1 aromatic rings. The predicted octanol–water partition coefficient (Wildman–Crippen LogP) is 2.45. The molecule has 0 unspecified atom stereocenters. The van der Waals surface area contributed by atoms with Crippen LogP contribution in [0.2, 0.25) is 0 Å². The molecule has 2 fully saturated rings. The van der Waals surface area contributed by atoms with E-state index in [1.54, 1.807) is 13.2 Å². The Balaban J connectivity index is 1.76. The van der Waals surface area contributed by atoms with E-state index in [4.69, 9.17) is 9.47 Å². The second-order valence-electron chi connectivity index (χ2n) is 6.44. The van der Waals surface area contributed by atoms with Gasteiger partial charge in [0.1, 0.15) is 0 Å². The van der Waals surface area contributed by atoms with Crippen LogP contribution in [-0.2, 0) is 0 Å². The Morgan fingerprint density at radius 3 is 2.74 bits per heavy atom. The van der Waals surface area contributed by atoms with Gasteiger partial charge in [0.15, 0.2) is 11.5 Å². The zero-order valence-corrected chi connectivity index (χ0v) is 14.0. The lowest BCUT2D eigenvalue weighted by atomic mass is 10.1. The van der Waals surface area contributed by atoms with Gasteiger partial charge in [-0.25, -0.2) is 0 Å². The van der Waals surface area contributed by atoms with Crippen LogP contribution < -0.4 is 14.8 Å². The van der Waals surface area contributed by atoms with Crippen molar-refractivity contribution >= 4 is 5.91 Å². The first kappa shape index (κ1) is 16.1. The first-order valence-corrected chi connectivity index (χ1v) is 8.55. The summed E-state index contributed by atoms with van der Waals surface area (Å²) in [5, 5.41) is 3.30. The van der Waals surface area contributed by atoms with Crippen LogP contribution in [0.25, 0.3) is 0 Å². The highest BCUT2D eigenvalue weighted by molar-refractivity contribution is 5.95. The normalized spacial score (nSPS) is 22.2. The van der Waals surface area contributed by atoms with Gasteiger partial charge in [0.05, 0.1) is 13.2 Å². The lowest BCUT2D eigenvalue weighted by Gasteiger charge is -2.34. The molecule has 2 aliphatic rings. The van der Waals surface area contributed by atoms with Gasteiger partial charge in [-0.3, -0.25) is 4.79 Å². The lowest BCUT2D eigenvalue weighted by Crippen LogP contribution is -2.52. The molecule has 1 atom stereocenters. The molecule has 1 aliphatic carbocycles. The van der Waals surface area contributed by atoms with Crippen molar-refractivity contribution in [3.63, 3.8) is 0 Å². The first-order chi connectivity index (χ1) is 11.2. The van der Waals surface area contributed by atoms with E-state index >= 15 is 0 Å². The molecule has 23 heavy (non-hydrogen) atoms. The van der Waals surface area contributed by atoms with Crippen molar-refractivity contribution in [2.75, 3.05) is 26.7 Å². The maximum absolute atomic E-state index is 12.7. The van der Waals surface area contributed by atoms with E-state index < -0.39 is 0 Å². The third kappa shape index (κ3) is 3.61.